The standard InChI is InChI=1S/C15H16N4O/c1-11(17-18-15(20)13-2-3-13)12-4-6-14(7-5-12)19-9-8-16-10-19/h4-10,13H,2-3H2,1H3,(H,18,20)/b17-11+. The molecule has 1 aliphatic rings. The van der Waals surface area contributed by atoms with E-state index in [9.17, 15) is 4.79 Å². The average Bonchev–Trinajstić information content (AvgIpc) is 3.19. The number of nitrogens with one attached hydrogen (secondary N) is 1. The van der Waals surface area contributed by atoms with Gasteiger partial charge in [-0.2, -0.15) is 5.10 Å². The summed E-state index contributed by atoms with van der Waals surface area (Å²) in [5, 5.41) is 4.15. The number of hydrogen-bond acceptors (Lipinski definition) is 3. The van der Waals surface area contributed by atoms with E-state index in [0.29, 0.717) is 0 Å². The number of carbonyl (C=O) groups is 1. The molecule has 1 amide bonds. The summed E-state index contributed by atoms with van der Waals surface area (Å²) in [5.74, 6) is 0.203. The van der Waals surface area contributed by atoms with Crippen LogP contribution in [0.15, 0.2) is 48.1 Å². The lowest BCUT2D eigenvalue weighted by atomic mass is 10.1. The van der Waals surface area contributed by atoms with Crippen LogP contribution in [0.4, 0.5) is 0 Å². The number of imidazole rings is 1. The summed E-state index contributed by atoms with van der Waals surface area (Å²) in [6.07, 6.45) is 7.37. The third-order valence-electron chi connectivity index (χ3n) is 3.37. The van der Waals surface area contributed by atoms with Gasteiger partial charge in [0.05, 0.1) is 12.0 Å². The molecule has 1 N–H and O–H groups in total. The van der Waals surface area contributed by atoms with E-state index in [1.165, 1.54) is 0 Å². The Labute approximate surface area is 117 Å². The second kappa shape index (κ2) is 5.28. The lowest BCUT2D eigenvalue weighted by Crippen LogP contribution is -2.20. The van der Waals surface area contributed by atoms with Gasteiger partial charge in [-0.05, 0) is 37.5 Å². The zero-order valence-electron chi connectivity index (χ0n) is 11.3. The van der Waals surface area contributed by atoms with Crippen LogP contribution in [-0.2, 0) is 4.79 Å². The van der Waals surface area contributed by atoms with Crippen molar-refractivity contribution in [1.82, 2.24) is 15.0 Å². The summed E-state index contributed by atoms with van der Waals surface area (Å²) in [7, 11) is 0. The number of hydrogen-bond donors (Lipinski definition) is 1. The molecule has 0 unspecified atom stereocenters. The molecule has 1 heterocycles. The van der Waals surface area contributed by atoms with Gasteiger partial charge in [-0.25, -0.2) is 10.4 Å². The van der Waals surface area contributed by atoms with Crippen LogP contribution in [0.5, 0.6) is 0 Å². The van der Waals surface area contributed by atoms with Crippen molar-refractivity contribution in [2.75, 3.05) is 0 Å². The third-order valence-corrected chi connectivity index (χ3v) is 3.37. The summed E-state index contributed by atoms with van der Waals surface area (Å²) in [5.41, 5.74) is 5.45. The van der Waals surface area contributed by atoms with Crippen molar-refractivity contribution >= 4 is 11.6 Å². The number of benzene rings is 1. The van der Waals surface area contributed by atoms with Crippen molar-refractivity contribution in [3.8, 4) is 5.69 Å². The van der Waals surface area contributed by atoms with Gasteiger partial charge in [-0.3, -0.25) is 4.79 Å². The maximum atomic E-state index is 11.5. The van der Waals surface area contributed by atoms with Crippen molar-refractivity contribution in [3.05, 3.63) is 48.5 Å². The molecule has 0 radical (unpaired) electrons. The Hall–Kier alpha value is -2.43. The van der Waals surface area contributed by atoms with E-state index in [4.69, 9.17) is 0 Å². The Balaban J connectivity index is 1.70. The number of aromatic nitrogens is 2. The monoisotopic (exact) mass is 268 g/mol. The normalized spacial score (nSPS) is 15.2. The summed E-state index contributed by atoms with van der Waals surface area (Å²) in [6, 6.07) is 7.96. The molecular weight excluding hydrogens is 252 g/mol. The summed E-state index contributed by atoms with van der Waals surface area (Å²) >= 11 is 0. The number of hydrazone groups is 1. The van der Waals surface area contributed by atoms with Crippen LogP contribution in [0.2, 0.25) is 0 Å². The quantitative estimate of drug-likeness (QED) is 0.682. The van der Waals surface area contributed by atoms with Crippen molar-refractivity contribution in [2.45, 2.75) is 19.8 Å². The maximum Gasteiger partial charge on any atom is 0.243 e. The van der Waals surface area contributed by atoms with Crippen molar-refractivity contribution in [2.24, 2.45) is 11.0 Å². The first-order chi connectivity index (χ1) is 9.74. The first-order valence-corrected chi connectivity index (χ1v) is 6.67. The van der Waals surface area contributed by atoms with Gasteiger partial charge in [-0.1, -0.05) is 12.1 Å². The molecule has 5 heteroatoms. The van der Waals surface area contributed by atoms with E-state index in [0.717, 1.165) is 29.8 Å². The van der Waals surface area contributed by atoms with Crippen molar-refractivity contribution < 1.29 is 4.79 Å². The fraction of sp³-hybridized carbons (Fsp3) is 0.267. The van der Waals surface area contributed by atoms with E-state index < -0.39 is 0 Å². The van der Waals surface area contributed by atoms with Crippen LogP contribution in [-0.4, -0.2) is 21.2 Å². The highest BCUT2D eigenvalue weighted by atomic mass is 16.2. The van der Waals surface area contributed by atoms with Gasteiger partial charge in [0.2, 0.25) is 5.91 Å². The third kappa shape index (κ3) is 2.77. The summed E-state index contributed by atoms with van der Waals surface area (Å²) in [4.78, 5) is 15.5. The Morgan fingerprint density at radius 2 is 2.10 bits per heavy atom. The van der Waals surface area contributed by atoms with E-state index >= 15 is 0 Å². The molecule has 5 nitrogen and oxygen atoms in total. The minimum Gasteiger partial charge on any atom is -0.306 e. The van der Waals surface area contributed by atoms with Crippen LogP contribution in [0.25, 0.3) is 5.69 Å². The molecule has 1 aromatic heterocycles. The first-order valence-electron chi connectivity index (χ1n) is 6.67. The van der Waals surface area contributed by atoms with Gasteiger partial charge in [0.15, 0.2) is 0 Å². The Kier molecular flexibility index (Phi) is 3.33. The largest absolute Gasteiger partial charge is 0.306 e. The van der Waals surface area contributed by atoms with Crippen LogP contribution in [0, 0.1) is 5.92 Å². The van der Waals surface area contributed by atoms with Gasteiger partial charge < -0.3 is 4.57 Å². The molecule has 3 rings (SSSR count). The molecule has 1 aliphatic carbocycles. The number of rotatable bonds is 4. The highest BCUT2D eigenvalue weighted by Crippen LogP contribution is 2.28. The molecule has 1 aromatic carbocycles. The molecule has 0 atom stereocenters. The van der Waals surface area contributed by atoms with E-state index in [-0.39, 0.29) is 11.8 Å². The molecule has 2 aromatic rings. The predicted octanol–water partition coefficient (Wildman–Crippen LogP) is 2.12. The highest BCUT2D eigenvalue weighted by Gasteiger charge is 2.29. The molecule has 102 valence electrons. The molecule has 0 saturated heterocycles. The lowest BCUT2D eigenvalue weighted by Gasteiger charge is -2.05. The Morgan fingerprint density at radius 3 is 2.70 bits per heavy atom. The number of amides is 1. The van der Waals surface area contributed by atoms with E-state index in [1.54, 1.807) is 12.5 Å². The SMILES string of the molecule is C/C(=N\NC(=O)C1CC1)c1ccc(-n2ccnc2)cc1. The highest BCUT2D eigenvalue weighted by molar-refractivity contribution is 5.99. The van der Waals surface area contributed by atoms with Crippen molar-refractivity contribution in [1.29, 1.82) is 0 Å². The molecule has 1 saturated carbocycles. The number of nitrogens with zero attached hydrogens (tertiary/aromatic N) is 3. The molecular formula is C15H16N4O. The zero-order valence-corrected chi connectivity index (χ0v) is 11.3. The first kappa shape index (κ1) is 12.6. The Morgan fingerprint density at radius 1 is 1.35 bits per heavy atom. The van der Waals surface area contributed by atoms with Gasteiger partial charge in [0, 0.05) is 24.0 Å². The minimum absolute atomic E-state index is 0.0272. The molecule has 0 aliphatic heterocycles. The van der Waals surface area contributed by atoms with Gasteiger partial charge in [-0.15, -0.1) is 0 Å². The maximum absolute atomic E-state index is 11.5. The van der Waals surface area contributed by atoms with Crippen LogP contribution < -0.4 is 5.43 Å². The molecule has 1 fully saturated rings. The van der Waals surface area contributed by atoms with Gasteiger partial charge >= 0.3 is 0 Å². The Bertz CT molecular complexity index is 624. The van der Waals surface area contributed by atoms with Crippen LogP contribution >= 0.6 is 0 Å². The number of carbonyl (C=O) groups excluding carboxylic acids is 1. The second-order valence-corrected chi connectivity index (χ2v) is 4.96. The fourth-order valence-electron chi connectivity index (χ4n) is 1.93. The summed E-state index contributed by atoms with van der Waals surface area (Å²) < 4.78 is 1.94. The zero-order chi connectivity index (χ0) is 13.9. The van der Waals surface area contributed by atoms with Crippen LogP contribution in [0.3, 0.4) is 0 Å². The van der Waals surface area contributed by atoms with E-state index in [2.05, 4.69) is 15.5 Å². The smallest absolute Gasteiger partial charge is 0.243 e. The van der Waals surface area contributed by atoms with E-state index in [1.807, 2.05) is 42.0 Å². The lowest BCUT2D eigenvalue weighted by molar-refractivity contribution is -0.122. The molecule has 0 spiro atoms. The molecule has 0 bridgehead atoms. The summed E-state index contributed by atoms with van der Waals surface area (Å²) in [6.45, 7) is 1.89. The fourth-order valence-corrected chi connectivity index (χ4v) is 1.93. The average molecular weight is 268 g/mol. The van der Waals surface area contributed by atoms with Gasteiger partial charge in [0.1, 0.15) is 0 Å². The minimum atomic E-state index is 0.0272. The predicted molar refractivity (Wildman–Crippen MR) is 76.6 cm³/mol. The topological polar surface area (TPSA) is 59.3 Å². The van der Waals surface area contributed by atoms with Crippen molar-refractivity contribution in [3.63, 3.8) is 0 Å². The second-order valence-electron chi connectivity index (χ2n) is 4.96. The van der Waals surface area contributed by atoms with Gasteiger partial charge in [0.25, 0.3) is 0 Å². The molecule has 20 heavy (non-hydrogen) atoms. The van der Waals surface area contributed by atoms with Crippen LogP contribution in [0.1, 0.15) is 25.3 Å².